The largest absolute Gasteiger partial charge is 0.364 e. The molecule has 6 heteroatoms. The topological polar surface area (TPSA) is 75.4 Å². The summed E-state index contributed by atoms with van der Waals surface area (Å²) in [6, 6.07) is 0. The van der Waals surface area contributed by atoms with E-state index in [0.717, 1.165) is 24.8 Å². The van der Waals surface area contributed by atoms with E-state index in [9.17, 15) is 4.79 Å². The number of primary amides is 1. The maximum Gasteiger partial charge on any atom is 0.268 e. The Morgan fingerprint density at radius 3 is 2.77 bits per heavy atom. The third-order valence-electron chi connectivity index (χ3n) is 6.62. The minimum absolute atomic E-state index is 0.256. The van der Waals surface area contributed by atoms with Gasteiger partial charge in [0.05, 0.1) is 12.4 Å². The zero-order valence-electron chi connectivity index (χ0n) is 15.7. The second-order valence-electron chi connectivity index (χ2n) is 8.64. The minimum atomic E-state index is -0.510. The molecule has 0 bridgehead atoms. The molecule has 142 valence electrons. The lowest BCUT2D eigenvalue weighted by Gasteiger charge is -2.42. The molecule has 0 radical (unpaired) electrons. The van der Waals surface area contributed by atoms with E-state index in [1.165, 1.54) is 77.2 Å². The van der Waals surface area contributed by atoms with Crippen molar-refractivity contribution in [3.63, 3.8) is 0 Å². The molecular formula is C20H31N5O. The van der Waals surface area contributed by atoms with Gasteiger partial charge in [0.2, 0.25) is 0 Å². The molecule has 1 aliphatic carbocycles. The summed E-state index contributed by atoms with van der Waals surface area (Å²) in [5, 5.41) is 0. The summed E-state index contributed by atoms with van der Waals surface area (Å²) in [4.78, 5) is 25.0. The Balaban J connectivity index is 1.40. The third-order valence-corrected chi connectivity index (χ3v) is 6.62. The van der Waals surface area contributed by atoms with Crippen molar-refractivity contribution in [3.05, 3.63) is 18.1 Å². The fourth-order valence-corrected chi connectivity index (χ4v) is 5.29. The second kappa shape index (κ2) is 7.51. The van der Waals surface area contributed by atoms with Crippen LogP contribution in [0.2, 0.25) is 0 Å². The first-order valence-electron chi connectivity index (χ1n) is 10.2. The zero-order valence-corrected chi connectivity index (χ0v) is 15.7. The third kappa shape index (κ3) is 3.85. The molecule has 4 rings (SSSR count). The number of anilines is 1. The van der Waals surface area contributed by atoms with Gasteiger partial charge in [0, 0.05) is 31.6 Å². The van der Waals surface area contributed by atoms with E-state index in [1.807, 2.05) is 0 Å². The maximum atomic E-state index is 11.4. The molecule has 1 unspecified atom stereocenters. The van der Waals surface area contributed by atoms with Crippen LogP contribution in [0.3, 0.4) is 0 Å². The zero-order chi connectivity index (χ0) is 18.0. The van der Waals surface area contributed by atoms with E-state index < -0.39 is 5.91 Å². The van der Waals surface area contributed by atoms with Crippen LogP contribution in [0.25, 0.3) is 0 Å². The summed E-state index contributed by atoms with van der Waals surface area (Å²) in [6.45, 7) is 5.77. The van der Waals surface area contributed by atoms with Crippen molar-refractivity contribution in [2.24, 2.45) is 17.1 Å². The van der Waals surface area contributed by atoms with E-state index in [2.05, 4.69) is 19.8 Å². The molecule has 1 amide bonds. The van der Waals surface area contributed by atoms with Gasteiger partial charge in [-0.25, -0.2) is 4.98 Å². The highest BCUT2D eigenvalue weighted by Crippen LogP contribution is 2.40. The summed E-state index contributed by atoms with van der Waals surface area (Å²) in [6.07, 6.45) is 14.1. The van der Waals surface area contributed by atoms with Gasteiger partial charge in [0.15, 0.2) is 0 Å². The van der Waals surface area contributed by atoms with E-state index >= 15 is 0 Å². The van der Waals surface area contributed by atoms with Crippen molar-refractivity contribution in [3.8, 4) is 0 Å². The molecular weight excluding hydrogens is 326 g/mol. The Morgan fingerprint density at radius 1 is 1.12 bits per heavy atom. The molecule has 3 aliphatic rings. The molecule has 1 saturated carbocycles. The number of nitrogens with two attached hydrogens (primary N) is 1. The van der Waals surface area contributed by atoms with Gasteiger partial charge in [0.1, 0.15) is 11.5 Å². The smallest absolute Gasteiger partial charge is 0.268 e. The minimum Gasteiger partial charge on any atom is -0.364 e. The van der Waals surface area contributed by atoms with Gasteiger partial charge in [-0.05, 0) is 44.6 Å². The Morgan fingerprint density at radius 2 is 1.96 bits per heavy atom. The number of piperidine rings is 1. The number of carbonyl (C=O) groups is 1. The Bertz CT molecular complexity index is 645. The highest BCUT2D eigenvalue weighted by Gasteiger charge is 2.42. The van der Waals surface area contributed by atoms with Crippen molar-refractivity contribution in [1.82, 2.24) is 14.9 Å². The van der Waals surface area contributed by atoms with Gasteiger partial charge in [0.25, 0.3) is 5.91 Å². The van der Waals surface area contributed by atoms with Crippen molar-refractivity contribution >= 4 is 11.7 Å². The Labute approximate surface area is 156 Å². The predicted molar refractivity (Wildman–Crippen MR) is 102 cm³/mol. The van der Waals surface area contributed by atoms with Crippen LogP contribution in [0.4, 0.5) is 5.82 Å². The Hall–Kier alpha value is -1.69. The van der Waals surface area contributed by atoms with Crippen LogP contribution in [0.5, 0.6) is 0 Å². The predicted octanol–water partition coefficient (Wildman–Crippen LogP) is 2.45. The van der Waals surface area contributed by atoms with Crippen molar-refractivity contribution in [1.29, 1.82) is 0 Å². The molecule has 2 saturated heterocycles. The van der Waals surface area contributed by atoms with Crippen LogP contribution in [-0.4, -0.2) is 53.5 Å². The number of carbonyl (C=O) groups excluding carboxylic acids is 1. The molecule has 3 heterocycles. The lowest BCUT2D eigenvalue weighted by molar-refractivity contribution is 0.0838. The first-order valence-corrected chi connectivity index (χ1v) is 10.2. The lowest BCUT2D eigenvalue weighted by atomic mass is 9.78. The van der Waals surface area contributed by atoms with Crippen LogP contribution in [-0.2, 0) is 0 Å². The van der Waals surface area contributed by atoms with E-state index in [1.54, 1.807) is 6.20 Å². The number of hydrogen-bond donors (Lipinski definition) is 1. The first kappa shape index (κ1) is 17.7. The van der Waals surface area contributed by atoms with Crippen molar-refractivity contribution < 1.29 is 4.79 Å². The number of rotatable bonds is 4. The number of aromatic nitrogens is 2. The molecule has 0 aromatic carbocycles. The van der Waals surface area contributed by atoms with E-state index in [0.29, 0.717) is 5.41 Å². The van der Waals surface area contributed by atoms with Gasteiger partial charge in [-0.1, -0.05) is 19.3 Å². The fourth-order valence-electron chi connectivity index (χ4n) is 5.29. The fraction of sp³-hybridized carbons (Fsp3) is 0.750. The second-order valence-corrected chi connectivity index (χ2v) is 8.64. The summed E-state index contributed by atoms with van der Waals surface area (Å²) >= 11 is 0. The average Bonchev–Trinajstić information content (AvgIpc) is 3.06. The number of nitrogens with zero attached hydrogens (tertiary/aromatic N) is 4. The molecule has 3 fully saturated rings. The average molecular weight is 358 g/mol. The SMILES string of the molecule is NC(=O)c1cncc(N2CCC3(CCCN(CC4CCCCC4)C3)C2)n1. The van der Waals surface area contributed by atoms with Gasteiger partial charge in [-0.15, -0.1) is 0 Å². The van der Waals surface area contributed by atoms with Crippen LogP contribution in [0.15, 0.2) is 12.4 Å². The quantitative estimate of drug-likeness (QED) is 0.896. The van der Waals surface area contributed by atoms with Crippen LogP contribution in [0, 0.1) is 11.3 Å². The van der Waals surface area contributed by atoms with Crippen molar-refractivity contribution in [2.45, 2.75) is 51.4 Å². The first-order chi connectivity index (χ1) is 12.6. The lowest BCUT2D eigenvalue weighted by Crippen LogP contribution is -2.46. The molecule has 2 aliphatic heterocycles. The summed E-state index contributed by atoms with van der Waals surface area (Å²) in [5.74, 6) is 1.20. The van der Waals surface area contributed by atoms with Crippen LogP contribution in [0.1, 0.15) is 61.9 Å². The van der Waals surface area contributed by atoms with Crippen LogP contribution < -0.4 is 10.6 Å². The highest BCUT2D eigenvalue weighted by molar-refractivity contribution is 5.90. The Kier molecular flexibility index (Phi) is 5.11. The number of likely N-dealkylation sites (tertiary alicyclic amines) is 1. The summed E-state index contributed by atoms with van der Waals surface area (Å²) in [7, 11) is 0. The van der Waals surface area contributed by atoms with Crippen LogP contribution >= 0.6 is 0 Å². The monoisotopic (exact) mass is 357 g/mol. The highest BCUT2D eigenvalue weighted by atomic mass is 16.1. The van der Waals surface area contributed by atoms with Gasteiger partial charge in [-0.2, -0.15) is 0 Å². The molecule has 2 N–H and O–H groups in total. The van der Waals surface area contributed by atoms with E-state index in [4.69, 9.17) is 5.73 Å². The standard InChI is InChI=1S/C20H31N5O/c21-19(26)17-11-22-12-18(23-17)25-10-8-20(15-25)7-4-9-24(14-20)13-16-5-2-1-3-6-16/h11-12,16H,1-10,13-15H2,(H2,21,26). The molecule has 1 aromatic heterocycles. The van der Waals surface area contributed by atoms with Gasteiger partial charge >= 0.3 is 0 Å². The summed E-state index contributed by atoms with van der Waals surface area (Å²) < 4.78 is 0. The summed E-state index contributed by atoms with van der Waals surface area (Å²) in [5.41, 5.74) is 5.99. The van der Waals surface area contributed by atoms with Gasteiger partial charge in [-0.3, -0.25) is 9.78 Å². The molecule has 26 heavy (non-hydrogen) atoms. The van der Waals surface area contributed by atoms with Crippen molar-refractivity contribution in [2.75, 3.05) is 37.6 Å². The number of amides is 1. The molecule has 6 nitrogen and oxygen atoms in total. The molecule has 1 spiro atoms. The molecule has 1 aromatic rings. The van der Waals surface area contributed by atoms with E-state index in [-0.39, 0.29) is 5.69 Å². The normalized spacial score (nSPS) is 27.9. The van der Waals surface area contributed by atoms with Gasteiger partial charge < -0.3 is 15.5 Å². The maximum absolute atomic E-state index is 11.4. The number of hydrogen-bond acceptors (Lipinski definition) is 5. The molecule has 1 atom stereocenters.